The summed E-state index contributed by atoms with van der Waals surface area (Å²) in [5, 5.41) is 0. The molecule has 4 rings (SSSR count). The summed E-state index contributed by atoms with van der Waals surface area (Å²) in [7, 11) is 0. The molecule has 4 fully saturated rings. The minimum Gasteiger partial charge on any atom is -0.321 e. The lowest BCUT2D eigenvalue weighted by molar-refractivity contribution is -0.111. The number of rotatable bonds is 3. The highest BCUT2D eigenvalue weighted by atomic mass is 16.1. The van der Waals surface area contributed by atoms with E-state index < -0.39 is 0 Å². The second-order valence-electron chi connectivity index (χ2n) is 9.17. The van der Waals surface area contributed by atoms with E-state index in [2.05, 4.69) is 13.5 Å². The van der Waals surface area contributed by atoms with Crippen LogP contribution < -0.4 is 5.73 Å². The van der Waals surface area contributed by atoms with Gasteiger partial charge >= 0.3 is 0 Å². The number of carbonyl (C=O) groups is 1. The molecule has 2 heteroatoms. The van der Waals surface area contributed by atoms with E-state index in [1.165, 1.54) is 63.4 Å². The Morgan fingerprint density at radius 2 is 1.96 bits per heavy atom. The molecule has 0 amide bonds. The molecule has 23 heavy (non-hydrogen) atoms. The lowest BCUT2D eigenvalue weighted by Gasteiger charge is -2.37. The largest absolute Gasteiger partial charge is 0.321 e. The molecule has 2 nitrogen and oxygen atoms in total. The molecule has 2 N–H and O–H groups in total. The first kappa shape index (κ1) is 15.9. The number of nitrogens with two attached hydrogens (primary N) is 1. The van der Waals surface area contributed by atoms with Gasteiger partial charge in [-0.05, 0) is 74.0 Å². The average Bonchev–Trinajstić information content (AvgIpc) is 3.13. The molecular formula is C21H33NO. The van der Waals surface area contributed by atoms with Gasteiger partial charge in [0.25, 0.3) is 0 Å². The predicted molar refractivity (Wildman–Crippen MR) is 93.8 cm³/mol. The Hall–Kier alpha value is -0.630. The second-order valence-corrected chi connectivity index (χ2v) is 9.17. The Morgan fingerprint density at radius 3 is 2.65 bits per heavy atom. The van der Waals surface area contributed by atoms with Crippen LogP contribution in [-0.4, -0.2) is 12.3 Å². The summed E-state index contributed by atoms with van der Waals surface area (Å²) in [6, 6.07) is -0.233. The van der Waals surface area contributed by atoms with Crippen molar-refractivity contribution < 1.29 is 4.79 Å². The highest BCUT2D eigenvalue weighted by Gasteiger charge is 2.73. The summed E-state index contributed by atoms with van der Waals surface area (Å²) in [4.78, 5) is 11.7. The Kier molecular flexibility index (Phi) is 3.95. The number of carbonyl (C=O) groups excluding carboxylic acids is 1. The fourth-order valence-corrected chi connectivity index (χ4v) is 7.40. The molecule has 4 aliphatic rings. The Labute approximate surface area is 141 Å². The van der Waals surface area contributed by atoms with Crippen molar-refractivity contribution in [2.75, 3.05) is 0 Å². The van der Waals surface area contributed by atoms with E-state index in [9.17, 15) is 4.79 Å². The molecule has 4 saturated carbocycles. The van der Waals surface area contributed by atoms with E-state index in [0.717, 1.165) is 18.1 Å². The maximum Gasteiger partial charge on any atom is 0.137 e. The summed E-state index contributed by atoms with van der Waals surface area (Å²) in [6.07, 6.45) is 12.8. The van der Waals surface area contributed by atoms with Gasteiger partial charge in [-0.25, -0.2) is 0 Å². The monoisotopic (exact) mass is 315 g/mol. The van der Waals surface area contributed by atoms with Gasteiger partial charge in [0, 0.05) is 5.41 Å². The Morgan fingerprint density at radius 1 is 1.22 bits per heavy atom. The molecule has 7 unspecified atom stereocenters. The van der Waals surface area contributed by atoms with Crippen molar-refractivity contribution in [2.24, 2.45) is 46.7 Å². The van der Waals surface area contributed by atoms with Crippen LogP contribution in [0.1, 0.15) is 64.7 Å². The van der Waals surface area contributed by atoms with Crippen LogP contribution in [0.25, 0.3) is 0 Å². The standard InChI is InChI=1S/C21H33NO/c1-13-10-16-14(2)8-9-18-20(17(16)11-13)21(18,19(22)12-23)15-6-4-3-5-7-15/h12-13,15-20H,2-11,22H2,1H3. The van der Waals surface area contributed by atoms with Gasteiger partial charge in [-0.2, -0.15) is 0 Å². The summed E-state index contributed by atoms with van der Waals surface area (Å²) in [5.74, 6) is 4.40. The first-order chi connectivity index (χ1) is 11.1. The van der Waals surface area contributed by atoms with E-state index in [1.54, 1.807) is 0 Å². The Bertz CT molecular complexity index is 494. The quantitative estimate of drug-likeness (QED) is 0.622. The van der Waals surface area contributed by atoms with Crippen molar-refractivity contribution in [3.63, 3.8) is 0 Å². The fourth-order valence-electron chi connectivity index (χ4n) is 7.40. The van der Waals surface area contributed by atoms with E-state index >= 15 is 0 Å². The van der Waals surface area contributed by atoms with Gasteiger partial charge < -0.3 is 10.5 Å². The molecular weight excluding hydrogens is 282 g/mol. The molecule has 128 valence electrons. The summed E-state index contributed by atoms with van der Waals surface area (Å²) in [5.41, 5.74) is 8.17. The highest BCUT2D eigenvalue weighted by Crippen LogP contribution is 2.75. The van der Waals surface area contributed by atoms with Crippen molar-refractivity contribution in [1.29, 1.82) is 0 Å². The van der Waals surface area contributed by atoms with Crippen molar-refractivity contribution >= 4 is 6.29 Å². The SMILES string of the molecule is C=C1CCC2C(C3CC(C)CC13)C2(C(N)C=O)C1CCCCC1. The Balaban J connectivity index is 1.69. The molecule has 0 aromatic heterocycles. The first-order valence-electron chi connectivity index (χ1n) is 9.99. The van der Waals surface area contributed by atoms with Gasteiger partial charge in [-0.15, -0.1) is 0 Å². The van der Waals surface area contributed by atoms with Crippen LogP contribution in [0.4, 0.5) is 0 Å². The van der Waals surface area contributed by atoms with Gasteiger partial charge in [0.2, 0.25) is 0 Å². The van der Waals surface area contributed by atoms with Crippen LogP contribution >= 0.6 is 0 Å². The van der Waals surface area contributed by atoms with Crippen LogP contribution in [0.3, 0.4) is 0 Å². The van der Waals surface area contributed by atoms with Crippen molar-refractivity contribution in [1.82, 2.24) is 0 Å². The molecule has 7 atom stereocenters. The first-order valence-corrected chi connectivity index (χ1v) is 9.99. The molecule has 0 radical (unpaired) electrons. The molecule has 0 heterocycles. The van der Waals surface area contributed by atoms with Gasteiger partial charge in [0.1, 0.15) is 6.29 Å². The third kappa shape index (κ3) is 2.20. The van der Waals surface area contributed by atoms with Crippen molar-refractivity contribution in [2.45, 2.75) is 70.8 Å². The fraction of sp³-hybridized carbons (Fsp3) is 0.857. The number of allylic oxidation sites excluding steroid dienone is 1. The number of fused-ring (bicyclic) bond motifs is 3. The molecule has 0 spiro atoms. The van der Waals surface area contributed by atoms with Crippen molar-refractivity contribution in [3.05, 3.63) is 12.2 Å². The summed E-state index contributed by atoms with van der Waals surface area (Å²) >= 11 is 0. The normalized spacial score (nSPS) is 48.3. The predicted octanol–water partition coefficient (Wildman–Crippen LogP) is 4.34. The van der Waals surface area contributed by atoms with Crippen LogP contribution in [0.15, 0.2) is 12.2 Å². The lowest BCUT2D eigenvalue weighted by Crippen LogP contribution is -2.43. The van der Waals surface area contributed by atoms with Gasteiger partial charge in [-0.3, -0.25) is 0 Å². The molecule has 4 aliphatic carbocycles. The lowest BCUT2D eigenvalue weighted by atomic mass is 9.69. The third-order valence-electron chi connectivity index (χ3n) is 8.19. The highest BCUT2D eigenvalue weighted by molar-refractivity contribution is 5.61. The topological polar surface area (TPSA) is 43.1 Å². The number of aldehydes is 1. The zero-order valence-electron chi connectivity index (χ0n) is 14.7. The molecule has 0 aliphatic heterocycles. The number of hydrogen-bond donors (Lipinski definition) is 1. The van der Waals surface area contributed by atoms with Gasteiger partial charge in [-0.1, -0.05) is 38.3 Å². The van der Waals surface area contributed by atoms with E-state index in [1.807, 2.05) is 0 Å². The second kappa shape index (κ2) is 5.72. The van der Waals surface area contributed by atoms with Crippen LogP contribution in [-0.2, 0) is 4.79 Å². The minimum absolute atomic E-state index is 0.149. The van der Waals surface area contributed by atoms with Gasteiger partial charge in [0.05, 0.1) is 6.04 Å². The van der Waals surface area contributed by atoms with Gasteiger partial charge in [0.15, 0.2) is 0 Å². The molecule has 0 bridgehead atoms. The number of hydrogen-bond acceptors (Lipinski definition) is 2. The average molecular weight is 316 g/mol. The zero-order chi connectivity index (χ0) is 16.2. The zero-order valence-corrected chi connectivity index (χ0v) is 14.7. The van der Waals surface area contributed by atoms with Crippen LogP contribution in [0, 0.1) is 40.9 Å². The van der Waals surface area contributed by atoms with E-state index in [0.29, 0.717) is 23.7 Å². The van der Waals surface area contributed by atoms with Crippen molar-refractivity contribution in [3.8, 4) is 0 Å². The van der Waals surface area contributed by atoms with Crippen LogP contribution in [0.2, 0.25) is 0 Å². The smallest absolute Gasteiger partial charge is 0.137 e. The molecule has 0 aromatic rings. The summed E-state index contributed by atoms with van der Waals surface area (Å²) in [6.45, 7) is 6.83. The van der Waals surface area contributed by atoms with Crippen LogP contribution in [0.5, 0.6) is 0 Å². The minimum atomic E-state index is -0.233. The third-order valence-corrected chi connectivity index (χ3v) is 8.19. The van der Waals surface area contributed by atoms with E-state index in [-0.39, 0.29) is 11.5 Å². The summed E-state index contributed by atoms with van der Waals surface area (Å²) < 4.78 is 0. The van der Waals surface area contributed by atoms with E-state index in [4.69, 9.17) is 5.73 Å². The maximum atomic E-state index is 11.7. The maximum absolute atomic E-state index is 11.7. The molecule has 0 saturated heterocycles. The molecule has 0 aromatic carbocycles.